The minimum Gasteiger partial charge on any atom is -0.389 e. The first-order chi connectivity index (χ1) is 12.8. The van der Waals surface area contributed by atoms with E-state index in [0.29, 0.717) is 19.6 Å². The summed E-state index contributed by atoms with van der Waals surface area (Å²) in [7, 11) is -1.41. The fourth-order valence-corrected chi connectivity index (χ4v) is 5.71. The van der Waals surface area contributed by atoms with Gasteiger partial charge in [-0.2, -0.15) is 0 Å². The number of nitrogens with zero attached hydrogens (tertiary/aromatic N) is 1. The molecule has 1 atom stereocenters. The van der Waals surface area contributed by atoms with Crippen LogP contribution in [0.25, 0.3) is 0 Å². The highest BCUT2D eigenvalue weighted by molar-refractivity contribution is 7.84. The second-order valence-electron chi connectivity index (χ2n) is 8.72. The van der Waals surface area contributed by atoms with Crippen LogP contribution >= 0.6 is 0 Å². The van der Waals surface area contributed by atoms with Crippen molar-refractivity contribution in [1.29, 1.82) is 0 Å². The Kier molecular flexibility index (Phi) is 5.03. The maximum atomic E-state index is 12.5. The van der Waals surface area contributed by atoms with Gasteiger partial charge < -0.3 is 10.4 Å². The second-order valence-corrected chi connectivity index (χ2v) is 10.2. The normalized spacial score (nSPS) is 20.7. The van der Waals surface area contributed by atoms with E-state index < -0.39 is 16.6 Å². The Morgan fingerprint density at radius 1 is 1.19 bits per heavy atom. The molecule has 1 heterocycles. The highest BCUT2D eigenvalue weighted by Gasteiger charge is 2.35. The van der Waals surface area contributed by atoms with Gasteiger partial charge in [-0.25, -0.2) is 9.00 Å². The Balaban J connectivity index is 1.37. The van der Waals surface area contributed by atoms with Crippen LogP contribution in [-0.4, -0.2) is 50.7 Å². The van der Waals surface area contributed by atoms with Crippen LogP contribution in [0.5, 0.6) is 0 Å². The van der Waals surface area contributed by atoms with Crippen molar-refractivity contribution in [3.05, 3.63) is 28.3 Å². The molecule has 7 heteroatoms. The first-order valence-corrected chi connectivity index (χ1v) is 11.1. The van der Waals surface area contributed by atoms with Crippen LogP contribution in [0, 0.1) is 0 Å². The van der Waals surface area contributed by atoms with Crippen molar-refractivity contribution in [2.75, 3.05) is 25.0 Å². The number of carbonyl (C=O) groups excluding carboxylic acids is 1. The van der Waals surface area contributed by atoms with E-state index >= 15 is 0 Å². The summed E-state index contributed by atoms with van der Waals surface area (Å²) in [5.74, 6) is 0. The van der Waals surface area contributed by atoms with Gasteiger partial charge in [-0.15, -0.1) is 0 Å². The zero-order chi connectivity index (χ0) is 19.2. The topological polar surface area (TPSA) is 81.7 Å². The van der Waals surface area contributed by atoms with E-state index in [2.05, 4.69) is 21.0 Å². The summed E-state index contributed by atoms with van der Waals surface area (Å²) in [6, 6.07) is 1.96. The van der Waals surface area contributed by atoms with Crippen LogP contribution in [0.3, 0.4) is 0 Å². The SMILES string of the molecule is CC(C)(O)CN1CC(S(=O)NC(=O)Nc2c3c(cc4c2CCC4)CCC3)C1. The van der Waals surface area contributed by atoms with E-state index in [4.69, 9.17) is 0 Å². The van der Waals surface area contributed by atoms with Crippen LogP contribution in [-0.2, 0) is 36.7 Å². The molecule has 0 aromatic heterocycles. The van der Waals surface area contributed by atoms with E-state index in [0.717, 1.165) is 44.2 Å². The van der Waals surface area contributed by atoms with Gasteiger partial charge in [0, 0.05) is 25.3 Å². The number of rotatable bonds is 5. The summed E-state index contributed by atoms with van der Waals surface area (Å²) >= 11 is 0. The van der Waals surface area contributed by atoms with Gasteiger partial charge in [0.15, 0.2) is 0 Å². The standard InChI is InChI=1S/C20H29N3O3S/c1-20(2,25)12-23-10-15(11-23)27(26)22-19(24)21-18-16-7-3-5-13(16)9-14-6-4-8-17(14)18/h9,15,25H,3-8,10-12H2,1-2H3,(H2,21,22,24). The minimum absolute atomic E-state index is 0.0784. The van der Waals surface area contributed by atoms with Crippen LogP contribution in [0.1, 0.15) is 48.9 Å². The van der Waals surface area contributed by atoms with Crippen molar-refractivity contribution in [2.45, 2.75) is 63.2 Å². The Labute approximate surface area is 163 Å². The number of amides is 2. The fraction of sp³-hybridized carbons (Fsp3) is 0.650. The van der Waals surface area contributed by atoms with Crippen molar-refractivity contribution in [3.63, 3.8) is 0 Å². The molecule has 6 nitrogen and oxygen atoms in total. The Morgan fingerprint density at radius 3 is 2.33 bits per heavy atom. The van der Waals surface area contributed by atoms with Gasteiger partial charge in [-0.05, 0) is 74.6 Å². The number of urea groups is 1. The third-order valence-corrected chi connectivity index (χ3v) is 7.03. The molecule has 1 unspecified atom stereocenters. The Bertz CT molecular complexity index is 749. The number of β-amino-alcohol motifs (C(OH)–C–C–N with tert-alkyl or cyclic N) is 1. The fourth-order valence-electron chi connectivity index (χ4n) is 4.62. The van der Waals surface area contributed by atoms with Gasteiger partial charge in [-0.1, -0.05) is 6.07 Å². The summed E-state index contributed by atoms with van der Waals surface area (Å²) in [5.41, 5.74) is 5.50. The molecule has 0 radical (unpaired) electrons. The predicted octanol–water partition coefficient (Wildman–Crippen LogP) is 1.90. The zero-order valence-electron chi connectivity index (χ0n) is 16.1. The quantitative estimate of drug-likeness (QED) is 0.716. The van der Waals surface area contributed by atoms with Crippen molar-refractivity contribution < 1.29 is 14.1 Å². The van der Waals surface area contributed by atoms with E-state index in [1.807, 2.05) is 0 Å². The van der Waals surface area contributed by atoms with Crippen LogP contribution in [0.15, 0.2) is 6.07 Å². The monoisotopic (exact) mass is 391 g/mol. The Hall–Kier alpha value is -1.44. The molecular weight excluding hydrogens is 362 g/mol. The predicted molar refractivity (Wildman–Crippen MR) is 107 cm³/mol. The number of nitrogens with one attached hydrogen (secondary N) is 2. The van der Waals surface area contributed by atoms with Crippen LogP contribution in [0.4, 0.5) is 10.5 Å². The van der Waals surface area contributed by atoms with E-state index in [1.165, 1.54) is 22.3 Å². The van der Waals surface area contributed by atoms with Gasteiger partial charge in [0.2, 0.25) is 0 Å². The lowest BCUT2D eigenvalue weighted by Gasteiger charge is -2.41. The number of fused-ring (bicyclic) bond motifs is 2. The molecule has 0 bridgehead atoms. The summed E-state index contributed by atoms with van der Waals surface area (Å²) < 4.78 is 15.1. The smallest absolute Gasteiger partial charge is 0.331 e. The number of benzene rings is 1. The highest BCUT2D eigenvalue weighted by Crippen LogP contribution is 2.38. The molecule has 1 aliphatic heterocycles. The van der Waals surface area contributed by atoms with Gasteiger partial charge in [0.25, 0.3) is 0 Å². The third-order valence-electron chi connectivity index (χ3n) is 5.74. The first-order valence-electron chi connectivity index (χ1n) is 9.89. The average molecular weight is 392 g/mol. The molecular formula is C20H29N3O3S. The largest absolute Gasteiger partial charge is 0.389 e. The molecule has 2 amide bonds. The highest BCUT2D eigenvalue weighted by atomic mass is 32.2. The Morgan fingerprint density at radius 2 is 1.78 bits per heavy atom. The summed E-state index contributed by atoms with van der Waals surface area (Å²) in [4.78, 5) is 14.6. The lowest BCUT2D eigenvalue weighted by atomic mass is 9.99. The van der Waals surface area contributed by atoms with Gasteiger partial charge in [0.05, 0.1) is 10.9 Å². The molecule has 1 aromatic carbocycles. The molecule has 1 aromatic rings. The number of likely N-dealkylation sites (tertiary alicyclic amines) is 1. The average Bonchev–Trinajstić information content (AvgIpc) is 3.17. The molecule has 1 saturated heterocycles. The van der Waals surface area contributed by atoms with Crippen LogP contribution in [0.2, 0.25) is 0 Å². The maximum absolute atomic E-state index is 12.5. The number of hydrogen-bond acceptors (Lipinski definition) is 4. The summed E-state index contributed by atoms with van der Waals surface area (Å²) in [5, 5.41) is 12.8. The van der Waals surface area contributed by atoms with Crippen molar-refractivity contribution >= 4 is 22.7 Å². The van der Waals surface area contributed by atoms with E-state index in [1.54, 1.807) is 13.8 Å². The minimum atomic E-state index is -1.41. The van der Waals surface area contributed by atoms with E-state index in [-0.39, 0.29) is 11.3 Å². The van der Waals surface area contributed by atoms with Crippen molar-refractivity contribution in [3.8, 4) is 0 Å². The van der Waals surface area contributed by atoms with Gasteiger partial charge in [-0.3, -0.25) is 9.62 Å². The van der Waals surface area contributed by atoms with Crippen LogP contribution < -0.4 is 10.0 Å². The number of hydrogen-bond donors (Lipinski definition) is 3. The van der Waals surface area contributed by atoms with Gasteiger partial charge in [0.1, 0.15) is 11.0 Å². The number of anilines is 1. The molecule has 3 aliphatic rings. The molecule has 1 fully saturated rings. The lowest BCUT2D eigenvalue weighted by molar-refractivity contribution is 0.0173. The molecule has 3 N–H and O–H groups in total. The first kappa shape index (κ1) is 18.9. The molecule has 2 aliphatic carbocycles. The van der Waals surface area contributed by atoms with E-state index in [9.17, 15) is 14.1 Å². The second kappa shape index (κ2) is 7.18. The van der Waals surface area contributed by atoms with Crippen molar-refractivity contribution in [1.82, 2.24) is 9.62 Å². The van der Waals surface area contributed by atoms with Crippen molar-refractivity contribution in [2.24, 2.45) is 0 Å². The molecule has 148 valence electrons. The summed E-state index contributed by atoms with van der Waals surface area (Å²) in [6.07, 6.45) is 6.47. The maximum Gasteiger partial charge on any atom is 0.331 e. The molecule has 0 saturated carbocycles. The zero-order valence-corrected chi connectivity index (χ0v) is 17.0. The summed E-state index contributed by atoms with van der Waals surface area (Å²) in [6.45, 7) is 5.34. The number of aryl methyl sites for hydroxylation is 2. The molecule has 4 rings (SSSR count). The number of aliphatic hydroxyl groups is 1. The van der Waals surface area contributed by atoms with Gasteiger partial charge >= 0.3 is 6.03 Å². The molecule has 27 heavy (non-hydrogen) atoms. The number of carbonyl (C=O) groups is 1. The molecule has 0 spiro atoms. The lowest BCUT2D eigenvalue weighted by Crippen LogP contribution is -2.58. The third kappa shape index (κ3) is 4.05.